The first-order valence-corrected chi connectivity index (χ1v) is 11.4. The van der Waals surface area contributed by atoms with Crippen molar-refractivity contribution in [1.82, 2.24) is 0 Å². The number of benzene rings is 1. The summed E-state index contributed by atoms with van der Waals surface area (Å²) in [5.74, 6) is 0. The third-order valence-electron chi connectivity index (χ3n) is 6.88. The van der Waals surface area contributed by atoms with Gasteiger partial charge in [-0.3, -0.25) is 0 Å². The van der Waals surface area contributed by atoms with Crippen LogP contribution >= 0.6 is 0 Å². The predicted octanol–water partition coefficient (Wildman–Crippen LogP) is 8.76. The van der Waals surface area contributed by atoms with Gasteiger partial charge in [0.25, 0.3) is 0 Å². The molecule has 0 aromatic heterocycles. The van der Waals surface area contributed by atoms with Gasteiger partial charge in [-0.1, -0.05) is 69.4 Å². The van der Waals surface area contributed by atoms with Gasteiger partial charge in [0.1, 0.15) is 0 Å². The molecule has 2 saturated carbocycles. The van der Waals surface area contributed by atoms with Gasteiger partial charge in [-0.2, -0.15) is 0 Å². The molecule has 1 nitrogen and oxygen atoms in total. The average molecular weight is 402 g/mol. The van der Waals surface area contributed by atoms with Crippen LogP contribution in [0.1, 0.15) is 77.8 Å². The zero-order chi connectivity index (χ0) is 21.9. The van der Waals surface area contributed by atoms with E-state index >= 15 is 0 Å². The van der Waals surface area contributed by atoms with Gasteiger partial charge in [0.15, 0.2) is 0 Å². The highest BCUT2D eigenvalue weighted by molar-refractivity contribution is 5.64. The molecule has 0 spiro atoms. The minimum Gasteiger partial charge on any atom is -0.359 e. The molecule has 2 aliphatic carbocycles. The van der Waals surface area contributed by atoms with Gasteiger partial charge in [-0.25, -0.2) is 0 Å². The third kappa shape index (κ3) is 5.25. The minimum absolute atomic E-state index is 0.105. The van der Waals surface area contributed by atoms with Crippen LogP contribution in [0.5, 0.6) is 0 Å². The lowest BCUT2D eigenvalue weighted by molar-refractivity contribution is 0.508. The van der Waals surface area contributed by atoms with E-state index in [1.807, 2.05) is 0 Å². The van der Waals surface area contributed by atoms with Crippen molar-refractivity contribution < 1.29 is 0 Å². The van der Waals surface area contributed by atoms with Gasteiger partial charge in [0.05, 0.1) is 0 Å². The molecule has 3 rings (SSSR count). The van der Waals surface area contributed by atoms with Gasteiger partial charge in [-0.15, -0.1) is 0 Å². The highest BCUT2D eigenvalue weighted by atomic mass is 14.9. The number of anilines is 1. The highest BCUT2D eigenvalue weighted by Crippen LogP contribution is 2.52. The zero-order valence-corrected chi connectivity index (χ0v) is 19.9. The summed E-state index contributed by atoms with van der Waals surface area (Å²) in [6.45, 7) is 17.8. The Morgan fingerprint density at radius 1 is 1.13 bits per heavy atom. The monoisotopic (exact) mass is 401 g/mol. The fourth-order valence-electron chi connectivity index (χ4n) is 3.98. The van der Waals surface area contributed by atoms with Crippen molar-refractivity contribution in [2.45, 2.75) is 73.6 Å². The second kappa shape index (κ2) is 8.84. The van der Waals surface area contributed by atoms with Gasteiger partial charge in [0.2, 0.25) is 0 Å². The molecule has 0 heterocycles. The molecular formula is C29H39N. The summed E-state index contributed by atoms with van der Waals surface area (Å²) in [5, 5.41) is 3.62. The van der Waals surface area contributed by atoms with Crippen LogP contribution in [0.4, 0.5) is 5.69 Å². The largest absolute Gasteiger partial charge is 0.359 e. The molecule has 0 atom stereocenters. The lowest BCUT2D eigenvalue weighted by Gasteiger charge is -2.21. The second-order valence-electron chi connectivity index (χ2n) is 10.1. The van der Waals surface area contributed by atoms with E-state index in [9.17, 15) is 0 Å². The maximum absolute atomic E-state index is 4.41. The molecule has 2 aliphatic rings. The van der Waals surface area contributed by atoms with Gasteiger partial charge < -0.3 is 5.32 Å². The Labute approximate surface area is 184 Å². The van der Waals surface area contributed by atoms with Crippen LogP contribution in [0.25, 0.3) is 6.08 Å². The molecule has 0 saturated heterocycles. The Morgan fingerprint density at radius 2 is 1.83 bits per heavy atom. The van der Waals surface area contributed by atoms with E-state index in [1.54, 1.807) is 0 Å². The smallest absolute Gasteiger partial charge is 0.0388 e. The van der Waals surface area contributed by atoms with Crippen LogP contribution in [0.3, 0.4) is 0 Å². The molecule has 1 heteroatoms. The molecule has 1 N–H and O–H groups in total. The molecule has 160 valence electrons. The quantitative estimate of drug-likeness (QED) is 0.502. The van der Waals surface area contributed by atoms with E-state index in [4.69, 9.17) is 0 Å². The van der Waals surface area contributed by atoms with E-state index in [2.05, 4.69) is 102 Å². The van der Waals surface area contributed by atoms with E-state index < -0.39 is 0 Å². The fraction of sp³-hybridized carbons (Fsp3) is 0.448. The molecule has 0 radical (unpaired) electrons. The summed E-state index contributed by atoms with van der Waals surface area (Å²) in [6, 6.07) is 6.63. The molecule has 0 unspecified atom stereocenters. The van der Waals surface area contributed by atoms with Crippen molar-refractivity contribution in [1.29, 1.82) is 0 Å². The minimum atomic E-state index is 0.105. The first-order valence-electron chi connectivity index (χ1n) is 11.4. The van der Waals surface area contributed by atoms with Gasteiger partial charge >= 0.3 is 0 Å². The van der Waals surface area contributed by atoms with Crippen molar-refractivity contribution >= 4 is 11.8 Å². The molecule has 1 aromatic rings. The van der Waals surface area contributed by atoms with Crippen LogP contribution in [0.15, 0.2) is 71.5 Å². The number of rotatable bonds is 6. The second-order valence-corrected chi connectivity index (χ2v) is 10.1. The van der Waals surface area contributed by atoms with Crippen molar-refractivity contribution in [3.05, 3.63) is 82.6 Å². The summed E-state index contributed by atoms with van der Waals surface area (Å²) in [4.78, 5) is 0. The highest BCUT2D eigenvalue weighted by Gasteiger charge is 2.42. The number of aryl methyl sites for hydroxylation is 1. The summed E-state index contributed by atoms with van der Waals surface area (Å²) in [5.41, 5.74) is 9.54. The normalized spacial score (nSPS) is 21.6. The third-order valence-corrected chi connectivity index (χ3v) is 6.88. The van der Waals surface area contributed by atoms with Gasteiger partial charge in [0, 0.05) is 16.8 Å². The van der Waals surface area contributed by atoms with Crippen LogP contribution in [0, 0.1) is 17.8 Å². The SMILES string of the molecule is C=C(Nc1ccc(C)c(/C=C(\C)C(C)(C)C)c1)C1(/C=C/C=C2/CCC/C2=C/C)CC1. The first-order chi connectivity index (χ1) is 14.1. The Kier molecular flexibility index (Phi) is 6.60. The van der Waals surface area contributed by atoms with Crippen LogP contribution in [0.2, 0.25) is 0 Å². The molecule has 30 heavy (non-hydrogen) atoms. The van der Waals surface area contributed by atoms with Crippen molar-refractivity contribution in [3.8, 4) is 0 Å². The zero-order valence-electron chi connectivity index (χ0n) is 19.9. The molecule has 1 aromatic carbocycles. The molecule has 0 bridgehead atoms. The summed E-state index contributed by atoms with van der Waals surface area (Å²) in [7, 11) is 0. The van der Waals surface area contributed by atoms with E-state index in [1.165, 1.54) is 60.0 Å². The summed E-state index contributed by atoms with van der Waals surface area (Å²) < 4.78 is 0. The number of hydrogen-bond donors (Lipinski definition) is 1. The lowest BCUT2D eigenvalue weighted by Crippen LogP contribution is -2.10. The Morgan fingerprint density at radius 3 is 2.47 bits per heavy atom. The van der Waals surface area contributed by atoms with Crippen LogP contribution in [-0.4, -0.2) is 0 Å². The number of allylic oxidation sites excluding steroid dienone is 7. The molecule has 0 aliphatic heterocycles. The number of hydrogen-bond acceptors (Lipinski definition) is 1. The molecular weight excluding hydrogens is 362 g/mol. The van der Waals surface area contributed by atoms with Crippen molar-refractivity contribution in [2.75, 3.05) is 5.32 Å². The van der Waals surface area contributed by atoms with Crippen LogP contribution in [-0.2, 0) is 0 Å². The molecule has 0 amide bonds. The Bertz CT molecular complexity index is 924. The Balaban J connectivity index is 1.72. The van der Waals surface area contributed by atoms with Crippen LogP contribution < -0.4 is 5.32 Å². The lowest BCUT2D eigenvalue weighted by atomic mass is 9.86. The maximum atomic E-state index is 4.41. The Hall–Kier alpha value is -2.28. The standard InChI is InChI=1S/C29H39N/c1-8-24-11-9-12-25(24)13-10-16-29(17-18-29)23(4)30-27-15-14-21(2)26(20-27)19-22(3)28(5,6)7/h8,10,13-16,19-20,30H,4,9,11-12,17-18H2,1-3,5-7H3/b16-10+,22-19+,24-8-,25-13-. The van der Waals surface area contributed by atoms with E-state index in [0.29, 0.717) is 0 Å². The topological polar surface area (TPSA) is 12.0 Å². The summed E-state index contributed by atoms with van der Waals surface area (Å²) in [6.07, 6.45) is 17.6. The number of nitrogens with one attached hydrogen (secondary N) is 1. The predicted molar refractivity (Wildman–Crippen MR) is 134 cm³/mol. The van der Waals surface area contributed by atoms with Crippen molar-refractivity contribution in [2.24, 2.45) is 10.8 Å². The van der Waals surface area contributed by atoms with E-state index in [-0.39, 0.29) is 10.8 Å². The average Bonchev–Trinajstić information content (AvgIpc) is 3.34. The van der Waals surface area contributed by atoms with Crippen molar-refractivity contribution in [3.63, 3.8) is 0 Å². The first kappa shape index (κ1) is 22.4. The fourth-order valence-corrected chi connectivity index (χ4v) is 3.98. The van der Waals surface area contributed by atoms with Gasteiger partial charge in [-0.05, 0) is 92.7 Å². The van der Waals surface area contributed by atoms with E-state index in [0.717, 1.165) is 11.4 Å². The summed E-state index contributed by atoms with van der Waals surface area (Å²) >= 11 is 0. The maximum Gasteiger partial charge on any atom is 0.0388 e. The molecule has 2 fully saturated rings.